The van der Waals surface area contributed by atoms with Gasteiger partial charge in [0.05, 0.1) is 17.2 Å². The van der Waals surface area contributed by atoms with Crippen LogP contribution >= 0.6 is 0 Å². The molecule has 20 heavy (non-hydrogen) atoms. The molecule has 0 radical (unpaired) electrons. The molecular formula is C15H14N4O. The lowest BCUT2D eigenvalue weighted by Gasteiger charge is -2.18. The number of carbonyl (C=O) groups excluding carboxylic acids is 1. The summed E-state index contributed by atoms with van der Waals surface area (Å²) >= 11 is 0. The van der Waals surface area contributed by atoms with E-state index in [0.29, 0.717) is 22.6 Å². The van der Waals surface area contributed by atoms with Gasteiger partial charge in [0.25, 0.3) is 5.91 Å². The highest BCUT2D eigenvalue weighted by atomic mass is 16.2. The fraction of sp³-hybridized carbons (Fsp3) is 0.133. The quantitative estimate of drug-likeness (QED) is 0.925. The monoisotopic (exact) mass is 266 g/mol. The molecule has 0 unspecified atom stereocenters. The Morgan fingerprint density at radius 3 is 2.85 bits per heavy atom. The maximum Gasteiger partial charge on any atom is 0.261 e. The van der Waals surface area contributed by atoms with Crippen molar-refractivity contribution in [2.45, 2.75) is 0 Å². The highest BCUT2D eigenvalue weighted by molar-refractivity contribution is 6.08. The second-order valence-electron chi connectivity index (χ2n) is 4.18. The maximum absolute atomic E-state index is 12.5. The smallest absolute Gasteiger partial charge is 0.261 e. The maximum atomic E-state index is 12.5. The van der Waals surface area contributed by atoms with E-state index in [1.165, 1.54) is 4.90 Å². The molecule has 0 spiro atoms. The number of benzene rings is 1. The van der Waals surface area contributed by atoms with E-state index in [1.807, 2.05) is 0 Å². The van der Waals surface area contributed by atoms with Gasteiger partial charge in [0.2, 0.25) is 0 Å². The third-order valence-corrected chi connectivity index (χ3v) is 2.94. The predicted octanol–water partition coefficient (Wildman–Crippen LogP) is 2.27. The van der Waals surface area contributed by atoms with Gasteiger partial charge in [-0.2, -0.15) is 5.26 Å². The van der Waals surface area contributed by atoms with Gasteiger partial charge in [0, 0.05) is 26.0 Å². The van der Waals surface area contributed by atoms with Crippen molar-refractivity contribution >= 4 is 17.4 Å². The van der Waals surface area contributed by atoms with Gasteiger partial charge in [-0.05, 0) is 30.3 Å². The van der Waals surface area contributed by atoms with E-state index in [9.17, 15) is 4.79 Å². The lowest BCUT2D eigenvalue weighted by molar-refractivity contribution is 0.0993. The highest BCUT2D eigenvalue weighted by Crippen LogP contribution is 2.19. The Balaban J connectivity index is 2.35. The normalized spacial score (nSPS) is 9.65. The highest BCUT2D eigenvalue weighted by Gasteiger charge is 2.17. The number of amides is 1. The second-order valence-corrected chi connectivity index (χ2v) is 4.18. The molecule has 0 aliphatic carbocycles. The zero-order valence-electron chi connectivity index (χ0n) is 11.3. The first-order valence-electron chi connectivity index (χ1n) is 6.08. The summed E-state index contributed by atoms with van der Waals surface area (Å²) in [4.78, 5) is 18.1. The third kappa shape index (κ3) is 2.59. The second kappa shape index (κ2) is 5.85. The third-order valence-electron chi connectivity index (χ3n) is 2.94. The van der Waals surface area contributed by atoms with Crippen molar-refractivity contribution in [3.05, 3.63) is 53.7 Å². The SMILES string of the molecule is CNc1ncccc1C(=O)N(C)c1cccc(C#N)c1. The fourth-order valence-corrected chi connectivity index (χ4v) is 1.86. The number of pyridine rings is 1. The standard InChI is InChI=1S/C15H14N4O/c1-17-14-13(7-4-8-18-14)15(20)19(2)12-6-3-5-11(9-12)10-16/h3-9H,1-2H3,(H,17,18). The van der Waals surface area contributed by atoms with Gasteiger partial charge in [0.1, 0.15) is 5.82 Å². The molecule has 1 amide bonds. The Morgan fingerprint density at radius 1 is 1.35 bits per heavy atom. The lowest BCUT2D eigenvalue weighted by Crippen LogP contribution is -2.27. The van der Waals surface area contributed by atoms with Crippen LogP contribution in [-0.2, 0) is 0 Å². The Hall–Kier alpha value is -2.87. The fourth-order valence-electron chi connectivity index (χ4n) is 1.86. The molecule has 0 aliphatic heterocycles. The molecule has 1 N–H and O–H groups in total. The van der Waals surface area contributed by atoms with Crippen LogP contribution in [0.4, 0.5) is 11.5 Å². The summed E-state index contributed by atoms with van der Waals surface area (Å²) < 4.78 is 0. The summed E-state index contributed by atoms with van der Waals surface area (Å²) in [5, 5.41) is 11.8. The van der Waals surface area contributed by atoms with Crippen LogP contribution < -0.4 is 10.2 Å². The average Bonchev–Trinajstić information content (AvgIpc) is 2.53. The summed E-state index contributed by atoms with van der Waals surface area (Å²) in [6.45, 7) is 0. The topological polar surface area (TPSA) is 69.0 Å². The molecule has 5 nitrogen and oxygen atoms in total. The number of rotatable bonds is 3. The molecule has 0 bridgehead atoms. The van der Waals surface area contributed by atoms with E-state index in [-0.39, 0.29) is 5.91 Å². The molecule has 0 aliphatic rings. The number of nitriles is 1. The van der Waals surface area contributed by atoms with Crippen molar-refractivity contribution in [3.63, 3.8) is 0 Å². The van der Waals surface area contributed by atoms with Gasteiger partial charge in [-0.25, -0.2) is 4.98 Å². The minimum atomic E-state index is -0.183. The summed E-state index contributed by atoms with van der Waals surface area (Å²) in [6, 6.07) is 12.4. The first kappa shape index (κ1) is 13.6. The largest absolute Gasteiger partial charge is 0.372 e. The average molecular weight is 266 g/mol. The molecule has 0 saturated carbocycles. The van der Waals surface area contributed by atoms with Gasteiger partial charge in [0.15, 0.2) is 0 Å². The van der Waals surface area contributed by atoms with Crippen molar-refractivity contribution in [1.29, 1.82) is 5.26 Å². The van der Waals surface area contributed by atoms with Crippen LogP contribution in [0.1, 0.15) is 15.9 Å². The zero-order chi connectivity index (χ0) is 14.5. The van der Waals surface area contributed by atoms with Crippen molar-refractivity contribution in [2.24, 2.45) is 0 Å². The number of carbonyl (C=O) groups is 1. The minimum absolute atomic E-state index is 0.183. The van der Waals surface area contributed by atoms with Crippen LogP contribution in [0.2, 0.25) is 0 Å². The number of nitrogens with one attached hydrogen (secondary N) is 1. The molecule has 0 saturated heterocycles. The molecule has 1 aromatic heterocycles. The van der Waals surface area contributed by atoms with Crippen molar-refractivity contribution in [3.8, 4) is 6.07 Å². The van der Waals surface area contributed by atoms with Crippen LogP contribution in [0.3, 0.4) is 0 Å². The Kier molecular flexibility index (Phi) is 3.96. The molecule has 1 heterocycles. The summed E-state index contributed by atoms with van der Waals surface area (Å²) in [7, 11) is 3.39. The molecule has 2 rings (SSSR count). The van der Waals surface area contributed by atoms with E-state index >= 15 is 0 Å². The number of hydrogen-bond acceptors (Lipinski definition) is 4. The molecule has 5 heteroatoms. The summed E-state index contributed by atoms with van der Waals surface area (Å²) in [5.41, 5.74) is 1.67. The van der Waals surface area contributed by atoms with Gasteiger partial charge in [-0.15, -0.1) is 0 Å². The van der Waals surface area contributed by atoms with Gasteiger partial charge < -0.3 is 10.2 Å². The Morgan fingerprint density at radius 2 is 2.15 bits per heavy atom. The number of aromatic nitrogens is 1. The lowest BCUT2D eigenvalue weighted by atomic mass is 10.1. The van der Waals surface area contributed by atoms with Crippen LogP contribution in [0.15, 0.2) is 42.6 Å². The van der Waals surface area contributed by atoms with Gasteiger partial charge in [-0.3, -0.25) is 4.79 Å². The summed E-state index contributed by atoms with van der Waals surface area (Å²) in [5.74, 6) is 0.346. The van der Waals surface area contributed by atoms with E-state index in [4.69, 9.17) is 5.26 Å². The van der Waals surface area contributed by atoms with Crippen molar-refractivity contribution < 1.29 is 4.79 Å². The minimum Gasteiger partial charge on any atom is -0.372 e. The Labute approximate surface area is 117 Å². The van der Waals surface area contributed by atoms with Gasteiger partial charge >= 0.3 is 0 Å². The molecule has 1 aromatic carbocycles. The zero-order valence-corrected chi connectivity index (χ0v) is 11.3. The number of hydrogen-bond donors (Lipinski definition) is 1. The van der Waals surface area contributed by atoms with E-state index in [2.05, 4.69) is 16.4 Å². The van der Waals surface area contributed by atoms with E-state index in [0.717, 1.165) is 0 Å². The van der Waals surface area contributed by atoms with Crippen LogP contribution in [-0.4, -0.2) is 25.0 Å². The molecule has 0 atom stereocenters. The van der Waals surface area contributed by atoms with Crippen LogP contribution in [0.5, 0.6) is 0 Å². The molecular weight excluding hydrogens is 252 g/mol. The summed E-state index contributed by atoms with van der Waals surface area (Å²) in [6.07, 6.45) is 1.62. The Bertz CT molecular complexity index is 676. The molecule has 100 valence electrons. The first-order chi connectivity index (χ1) is 9.67. The van der Waals surface area contributed by atoms with Crippen molar-refractivity contribution in [1.82, 2.24) is 4.98 Å². The first-order valence-corrected chi connectivity index (χ1v) is 6.08. The van der Waals surface area contributed by atoms with E-state index < -0.39 is 0 Å². The number of anilines is 2. The van der Waals surface area contributed by atoms with Crippen LogP contribution in [0.25, 0.3) is 0 Å². The molecule has 2 aromatic rings. The number of nitrogens with zero attached hydrogens (tertiary/aromatic N) is 3. The molecule has 0 fully saturated rings. The van der Waals surface area contributed by atoms with Crippen LogP contribution in [0, 0.1) is 11.3 Å². The predicted molar refractivity (Wildman–Crippen MR) is 77.7 cm³/mol. The van der Waals surface area contributed by atoms with Gasteiger partial charge in [-0.1, -0.05) is 6.07 Å². The van der Waals surface area contributed by atoms with E-state index in [1.54, 1.807) is 56.7 Å². The van der Waals surface area contributed by atoms with Crippen molar-refractivity contribution in [2.75, 3.05) is 24.3 Å².